The molecule has 3 aliphatic carbocycles. The summed E-state index contributed by atoms with van der Waals surface area (Å²) in [5.74, 6) is -0.257. The van der Waals surface area contributed by atoms with Gasteiger partial charge in [-0.2, -0.15) is 0 Å². The summed E-state index contributed by atoms with van der Waals surface area (Å²) in [6.45, 7) is 12.3. The number of carbonyl (C=O) groups excluding carboxylic acids is 1. The number of ether oxygens (including phenoxy) is 5. The third kappa shape index (κ3) is 2.26. The molecule has 6 nitrogen and oxygen atoms in total. The van der Waals surface area contributed by atoms with Crippen LogP contribution in [0.1, 0.15) is 60.3 Å². The van der Waals surface area contributed by atoms with Crippen molar-refractivity contribution in [3.8, 4) is 0 Å². The highest BCUT2D eigenvalue weighted by molar-refractivity contribution is 5.69. The predicted octanol–water partition coefficient (Wildman–Crippen LogP) is 3.28. The number of rotatable bonds is 4. The topological polar surface area (TPSA) is 63.2 Å². The number of esters is 1. The molecule has 0 amide bonds. The van der Waals surface area contributed by atoms with Gasteiger partial charge in [0.1, 0.15) is 0 Å². The number of hydrogen-bond donors (Lipinski definition) is 0. The highest BCUT2D eigenvalue weighted by Crippen LogP contribution is 2.79. The van der Waals surface area contributed by atoms with Gasteiger partial charge in [-0.3, -0.25) is 4.79 Å². The van der Waals surface area contributed by atoms with Crippen LogP contribution in [0.3, 0.4) is 0 Å². The molecule has 2 aliphatic heterocycles. The maximum atomic E-state index is 12.3. The molecular formula is C22H34O6. The minimum atomic E-state index is -0.565. The Morgan fingerprint density at radius 2 is 1.82 bits per heavy atom. The molecule has 0 aromatic rings. The van der Waals surface area contributed by atoms with Gasteiger partial charge in [-0.05, 0) is 50.9 Å². The largest absolute Gasteiger partial charge is 0.466 e. The SMILES string of the molecule is CCOC(=O)CC[C@@]12[C@H](C)CC3(OCCO3)[C@@H]1[C@@]1(C)C[C@@H]2[C@@H]2OC(C)(C)O[C@@H]21. The van der Waals surface area contributed by atoms with Crippen molar-refractivity contribution in [3.05, 3.63) is 0 Å². The van der Waals surface area contributed by atoms with Crippen molar-refractivity contribution in [2.45, 2.75) is 84.1 Å². The summed E-state index contributed by atoms with van der Waals surface area (Å²) in [6.07, 6.45) is 3.32. The van der Waals surface area contributed by atoms with Crippen LogP contribution < -0.4 is 0 Å². The van der Waals surface area contributed by atoms with E-state index >= 15 is 0 Å². The van der Waals surface area contributed by atoms with Gasteiger partial charge >= 0.3 is 5.97 Å². The molecule has 2 bridgehead atoms. The standard InChI is InChI=1S/C22H34O6/c1-6-24-15(23)7-8-21-13(2)11-22(25-9-10-26-22)18(21)20(5)12-14(21)16-17(20)28-19(3,4)27-16/h13-14,16-18H,6-12H2,1-5H3/t13-,14-,16+,17+,18-,20+,21+/m1/s1. The van der Waals surface area contributed by atoms with Gasteiger partial charge in [0.2, 0.25) is 0 Å². The second kappa shape index (κ2) is 5.93. The van der Waals surface area contributed by atoms with Crippen molar-refractivity contribution in [1.29, 1.82) is 0 Å². The van der Waals surface area contributed by atoms with E-state index in [2.05, 4.69) is 13.8 Å². The van der Waals surface area contributed by atoms with Crippen molar-refractivity contribution in [2.75, 3.05) is 19.8 Å². The van der Waals surface area contributed by atoms with Crippen LogP contribution in [-0.2, 0) is 28.5 Å². The quantitative estimate of drug-likeness (QED) is 0.682. The molecule has 5 rings (SSSR count). The van der Waals surface area contributed by atoms with Crippen molar-refractivity contribution in [3.63, 3.8) is 0 Å². The van der Waals surface area contributed by atoms with Gasteiger partial charge in [0.15, 0.2) is 11.6 Å². The fraction of sp³-hybridized carbons (Fsp3) is 0.955. The second-order valence-corrected chi connectivity index (χ2v) is 10.3. The number of fused-ring (bicyclic) bond motifs is 9. The van der Waals surface area contributed by atoms with E-state index in [1.165, 1.54) is 0 Å². The second-order valence-electron chi connectivity index (χ2n) is 10.3. The zero-order valence-corrected chi connectivity index (χ0v) is 17.8. The molecule has 7 atom stereocenters. The third-order valence-corrected chi connectivity index (χ3v) is 8.51. The van der Waals surface area contributed by atoms with E-state index in [0.29, 0.717) is 38.1 Å². The fourth-order valence-electron chi connectivity index (χ4n) is 8.08. The highest BCUT2D eigenvalue weighted by Gasteiger charge is 2.83. The van der Waals surface area contributed by atoms with Crippen LogP contribution >= 0.6 is 0 Å². The van der Waals surface area contributed by atoms with E-state index in [4.69, 9.17) is 23.7 Å². The summed E-state index contributed by atoms with van der Waals surface area (Å²) in [7, 11) is 0. The minimum Gasteiger partial charge on any atom is -0.466 e. The zero-order valence-electron chi connectivity index (χ0n) is 17.8. The molecular weight excluding hydrogens is 360 g/mol. The van der Waals surface area contributed by atoms with Crippen molar-refractivity contribution in [1.82, 2.24) is 0 Å². The Kier molecular flexibility index (Phi) is 4.08. The van der Waals surface area contributed by atoms with Crippen LogP contribution in [0.5, 0.6) is 0 Å². The first-order valence-electron chi connectivity index (χ1n) is 11.0. The lowest BCUT2D eigenvalue weighted by molar-refractivity contribution is -0.237. The molecule has 6 heteroatoms. The Hall–Kier alpha value is -0.690. The van der Waals surface area contributed by atoms with Gasteiger partial charge in [-0.25, -0.2) is 0 Å². The summed E-state index contributed by atoms with van der Waals surface area (Å²) < 4.78 is 30.8. The molecule has 3 saturated carbocycles. The Labute approximate surface area is 167 Å². The highest BCUT2D eigenvalue weighted by atomic mass is 16.8. The van der Waals surface area contributed by atoms with E-state index in [0.717, 1.165) is 19.3 Å². The molecule has 28 heavy (non-hydrogen) atoms. The first kappa shape index (κ1) is 19.3. The molecule has 2 saturated heterocycles. The molecule has 0 unspecified atom stereocenters. The van der Waals surface area contributed by atoms with Crippen molar-refractivity contribution >= 4 is 5.97 Å². The molecule has 5 fully saturated rings. The van der Waals surface area contributed by atoms with E-state index in [1.807, 2.05) is 20.8 Å². The molecule has 0 aromatic carbocycles. The third-order valence-electron chi connectivity index (χ3n) is 8.51. The van der Waals surface area contributed by atoms with Gasteiger partial charge in [0.25, 0.3) is 0 Å². The number of hydrogen-bond acceptors (Lipinski definition) is 6. The van der Waals surface area contributed by atoms with E-state index in [1.54, 1.807) is 0 Å². The molecule has 2 heterocycles. The predicted molar refractivity (Wildman–Crippen MR) is 100 cm³/mol. The molecule has 0 radical (unpaired) electrons. The summed E-state index contributed by atoms with van der Waals surface area (Å²) in [5, 5.41) is 0. The van der Waals surface area contributed by atoms with Gasteiger partial charge in [0, 0.05) is 24.2 Å². The van der Waals surface area contributed by atoms with Gasteiger partial charge in [-0.15, -0.1) is 0 Å². The monoisotopic (exact) mass is 394 g/mol. The lowest BCUT2D eigenvalue weighted by Crippen LogP contribution is -2.57. The summed E-state index contributed by atoms with van der Waals surface area (Å²) in [6, 6.07) is 0. The van der Waals surface area contributed by atoms with Crippen LogP contribution in [0.4, 0.5) is 0 Å². The Morgan fingerprint density at radius 3 is 2.50 bits per heavy atom. The van der Waals surface area contributed by atoms with E-state index in [9.17, 15) is 4.79 Å². The van der Waals surface area contributed by atoms with E-state index < -0.39 is 11.6 Å². The lowest BCUT2D eigenvalue weighted by atomic mass is 9.56. The lowest BCUT2D eigenvalue weighted by Gasteiger charge is -2.51. The smallest absolute Gasteiger partial charge is 0.305 e. The molecule has 1 spiro atoms. The first-order valence-corrected chi connectivity index (χ1v) is 11.0. The Bertz CT molecular complexity index is 670. The van der Waals surface area contributed by atoms with Crippen LogP contribution in [0, 0.1) is 28.6 Å². The molecule has 0 aromatic heterocycles. The maximum Gasteiger partial charge on any atom is 0.305 e. The summed E-state index contributed by atoms with van der Waals surface area (Å²) in [5.41, 5.74) is -0.121. The Balaban J connectivity index is 1.56. The van der Waals surface area contributed by atoms with Gasteiger partial charge in [0.05, 0.1) is 32.0 Å². The Morgan fingerprint density at radius 1 is 1.11 bits per heavy atom. The van der Waals surface area contributed by atoms with Crippen molar-refractivity contribution < 1.29 is 28.5 Å². The van der Waals surface area contributed by atoms with Gasteiger partial charge in [-0.1, -0.05) is 13.8 Å². The number of carbonyl (C=O) groups is 1. The summed E-state index contributed by atoms with van der Waals surface area (Å²) >= 11 is 0. The molecule has 5 aliphatic rings. The normalized spacial score (nSPS) is 49.5. The molecule has 158 valence electrons. The van der Waals surface area contributed by atoms with Crippen LogP contribution in [0.15, 0.2) is 0 Å². The van der Waals surface area contributed by atoms with Crippen LogP contribution in [-0.4, -0.2) is 49.6 Å². The fourth-order valence-corrected chi connectivity index (χ4v) is 8.08. The average Bonchev–Trinajstić information content (AvgIpc) is 3.35. The van der Waals surface area contributed by atoms with Crippen LogP contribution in [0.25, 0.3) is 0 Å². The van der Waals surface area contributed by atoms with Crippen molar-refractivity contribution in [2.24, 2.45) is 28.6 Å². The van der Waals surface area contributed by atoms with E-state index in [-0.39, 0.29) is 34.9 Å². The van der Waals surface area contributed by atoms with Gasteiger partial charge < -0.3 is 23.7 Å². The zero-order chi connectivity index (χ0) is 19.9. The molecule has 0 N–H and O–H groups in total. The minimum absolute atomic E-state index is 0.0448. The average molecular weight is 395 g/mol. The summed E-state index contributed by atoms with van der Waals surface area (Å²) in [4.78, 5) is 12.3. The first-order chi connectivity index (χ1) is 13.2. The maximum absolute atomic E-state index is 12.3. The van der Waals surface area contributed by atoms with Crippen LogP contribution in [0.2, 0.25) is 0 Å².